The van der Waals surface area contributed by atoms with Crippen LogP contribution in [0.1, 0.15) is 17.3 Å². The highest BCUT2D eigenvalue weighted by Gasteiger charge is 2.12. The first-order valence-corrected chi connectivity index (χ1v) is 5.01. The van der Waals surface area contributed by atoms with Crippen LogP contribution < -0.4 is 0 Å². The topological polar surface area (TPSA) is 61.1 Å². The Labute approximate surface area is 90.5 Å². The van der Waals surface area contributed by atoms with Crippen LogP contribution in [0.15, 0.2) is 23.1 Å². The van der Waals surface area contributed by atoms with E-state index in [1.54, 1.807) is 6.92 Å². The van der Waals surface area contributed by atoms with Crippen LogP contribution >= 0.6 is 11.8 Å². The number of benzene rings is 1. The average molecular weight is 225 g/mol. The van der Waals surface area contributed by atoms with E-state index < -0.39 is 11.8 Å². The zero-order valence-electron chi connectivity index (χ0n) is 7.90. The van der Waals surface area contributed by atoms with Crippen molar-refractivity contribution in [1.82, 2.24) is 0 Å². The van der Waals surface area contributed by atoms with Gasteiger partial charge in [-0.3, -0.25) is 0 Å². The Hall–Kier alpha value is -1.54. The molecule has 0 aromatic heterocycles. The highest BCUT2D eigenvalue weighted by atomic mass is 32.2. The Balaban J connectivity index is 2.99. The molecule has 1 rings (SSSR count). The Kier molecular flexibility index (Phi) is 3.69. The van der Waals surface area contributed by atoms with Gasteiger partial charge in [-0.15, -0.1) is 11.8 Å². The zero-order chi connectivity index (χ0) is 11.4. The largest absolute Gasteiger partial charge is 0.478 e. The van der Waals surface area contributed by atoms with Gasteiger partial charge in [0.15, 0.2) is 0 Å². The van der Waals surface area contributed by atoms with Gasteiger partial charge in [-0.05, 0) is 25.1 Å². The molecule has 15 heavy (non-hydrogen) atoms. The van der Waals surface area contributed by atoms with Gasteiger partial charge in [-0.2, -0.15) is 5.26 Å². The van der Waals surface area contributed by atoms with Crippen molar-refractivity contribution >= 4 is 17.7 Å². The number of nitrogens with zero attached hydrogens (tertiary/aromatic N) is 1. The second-order valence-corrected chi connectivity index (χ2v) is 4.25. The molecule has 0 spiro atoms. The van der Waals surface area contributed by atoms with Crippen molar-refractivity contribution in [3.8, 4) is 6.07 Å². The van der Waals surface area contributed by atoms with Gasteiger partial charge < -0.3 is 5.11 Å². The molecule has 78 valence electrons. The molecule has 0 saturated carbocycles. The minimum atomic E-state index is -1.31. The molecular weight excluding hydrogens is 217 g/mol. The summed E-state index contributed by atoms with van der Waals surface area (Å²) in [4.78, 5) is 11.2. The summed E-state index contributed by atoms with van der Waals surface area (Å²) in [7, 11) is 0. The Morgan fingerprint density at radius 1 is 1.67 bits per heavy atom. The molecule has 0 aliphatic carbocycles. The number of carboxylic acid groups (broad SMARTS) is 1. The van der Waals surface area contributed by atoms with E-state index in [4.69, 9.17) is 10.4 Å². The molecule has 0 saturated heterocycles. The van der Waals surface area contributed by atoms with Crippen molar-refractivity contribution in [3.63, 3.8) is 0 Å². The van der Waals surface area contributed by atoms with Crippen molar-refractivity contribution in [1.29, 1.82) is 5.26 Å². The SMILES string of the molecule is CC(C#N)Sc1ccc(F)c(C(=O)O)c1. The van der Waals surface area contributed by atoms with Gasteiger partial charge in [0.1, 0.15) is 5.82 Å². The van der Waals surface area contributed by atoms with E-state index >= 15 is 0 Å². The summed E-state index contributed by atoms with van der Waals surface area (Å²) in [6.45, 7) is 1.69. The van der Waals surface area contributed by atoms with Crippen LogP contribution in [0.25, 0.3) is 0 Å². The molecule has 1 aromatic rings. The molecule has 3 nitrogen and oxygen atoms in total. The maximum atomic E-state index is 13.0. The predicted octanol–water partition coefficient (Wildman–Crippen LogP) is 2.53. The highest BCUT2D eigenvalue weighted by molar-refractivity contribution is 8.00. The number of rotatable bonds is 3. The number of hydrogen-bond donors (Lipinski definition) is 1. The van der Waals surface area contributed by atoms with E-state index in [1.165, 1.54) is 23.9 Å². The maximum absolute atomic E-state index is 13.0. The standard InChI is InChI=1S/C10H8FNO2S/c1-6(5-12)15-7-2-3-9(11)8(4-7)10(13)14/h2-4,6H,1H3,(H,13,14). The molecule has 0 heterocycles. The summed E-state index contributed by atoms with van der Waals surface area (Å²) in [6, 6.07) is 5.78. The molecule has 1 N–H and O–H groups in total. The van der Waals surface area contributed by atoms with Gasteiger partial charge in [-0.1, -0.05) is 0 Å². The lowest BCUT2D eigenvalue weighted by Crippen LogP contribution is -2.01. The molecular formula is C10H8FNO2S. The first-order chi connectivity index (χ1) is 7.04. The fraction of sp³-hybridized carbons (Fsp3) is 0.200. The third-order valence-electron chi connectivity index (χ3n) is 1.66. The summed E-state index contributed by atoms with van der Waals surface area (Å²) in [5, 5.41) is 16.9. The van der Waals surface area contributed by atoms with Crippen LogP contribution in [0.2, 0.25) is 0 Å². The Morgan fingerprint density at radius 2 is 2.33 bits per heavy atom. The first-order valence-electron chi connectivity index (χ1n) is 4.13. The smallest absolute Gasteiger partial charge is 0.338 e. The van der Waals surface area contributed by atoms with Crippen molar-refractivity contribution in [2.45, 2.75) is 17.1 Å². The van der Waals surface area contributed by atoms with Gasteiger partial charge in [0.05, 0.1) is 16.9 Å². The minimum Gasteiger partial charge on any atom is -0.478 e. The normalized spacial score (nSPS) is 11.8. The quantitative estimate of drug-likeness (QED) is 0.803. The van der Waals surface area contributed by atoms with E-state index in [0.29, 0.717) is 4.90 Å². The fourth-order valence-corrected chi connectivity index (χ4v) is 1.77. The van der Waals surface area contributed by atoms with Crippen LogP contribution in [0, 0.1) is 17.1 Å². The van der Waals surface area contributed by atoms with Gasteiger partial charge in [-0.25, -0.2) is 9.18 Å². The maximum Gasteiger partial charge on any atom is 0.338 e. The number of hydrogen-bond acceptors (Lipinski definition) is 3. The molecule has 1 unspecified atom stereocenters. The third kappa shape index (κ3) is 2.96. The molecule has 1 atom stereocenters. The second kappa shape index (κ2) is 4.80. The lowest BCUT2D eigenvalue weighted by atomic mass is 10.2. The van der Waals surface area contributed by atoms with Crippen LogP contribution in [-0.2, 0) is 0 Å². The fourth-order valence-electron chi connectivity index (χ4n) is 0.972. The predicted molar refractivity (Wildman–Crippen MR) is 54.3 cm³/mol. The molecule has 0 aliphatic heterocycles. The molecule has 0 aliphatic rings. The van der Waals surface area contributed by atoms with Gasteiger partial charge >= 0.3 is 5.97 Å². The van der Waals surface area contributed by atoms with E-state index in [2.05, 4.69) is 0 Å². The zero-order valence-corrected chi connectivity index (χ0v) is 8.71. The van der Waals surface area contributed by atoms with E-state index in [9.17, 15) is 9.18 Å². The van der Waals surface area contributed by atoms with Crippen molar-refractivity contribution in [2.75, 3.05) is 0 Å². The molecule has 1 aromatic carbocycles. The molecule has 0 fully saturated rings. The molecule has 0 radical (unpaired) electrons. The van der Waals surface area contributed by atoms with Gasteiger partial charge in [0.2, 0.25) is 0 Å². The summed E-state index contributed by atoms with van der Waals surface area (Å²) in [6.07, 6.45) is 0. The number of carboxylic acids is 1. The average Bonchev–Trinajstić information content (AvgIpc) is 2.20. The van der Waals surface area contributed by atoms with E-state index in [1.807, 2.05) is 6.07 Å². The second-order valence-electron chi connectivity index (χ2n) is 2.84. The van der Waals surface area contributed by atoms with Crippen molar-refractivity contribution < 1.29 is 14.3 Å². The summed E-state index contributed by atoms with van der Waals surface area (Å²) in [5.74, 6) is -2.07. The number of nitriles is 1. The molecule has 0 bridgehead atoms. The van der Waals surface area contributed by atoms with Crippen molar-refractivity contribution in [3.05, 3.63) is 29.6 Å². The number of carbonyl (C=O) groups is 1. The lowest BCUT2D eigenvalue weighted by molar-refractivity contribution is 0.0691. The summed E-state index contributed by atoms with van der Waals surface area (Å²) in [5.41, 5.74) is -0.370. The van der Waals surface area contributed by atoms with Crippen LogP contribution in [0.5, 0.6) is 0 Å². The lowest BCUT2D eigenvalue weighted by Gasteiger charge is -2.04. The highest BCUT2D eigenvalue weighted by Crippen LogP contribution is 2.24. The van der Waals surface area contributed by atoms with Crippen LogP contribution in [0.4, 0.5) is 4.39 Å². The van der Waals surface area contributed by atoms with Gasteiger partial charge in [0, 0.05) is 4.90 Å². The Bertz CT molecular complexity index is 428. The number of halogens is 1. The first kappa shape index (κ1) is 11.5. The molecule has 0 amide bonds. The van der Waals surface area contributed by atoms with Gasteiger partial charge in [0.25, 0.3) is 0 Å². The number of thioether (sulfide) groups is 1. The summed E-state index contributed by atoms with van der Waals surface area (Å²) < 4.78 is 13.0. The van der Waals surface area contributed by atoms with E-state index in [-0.39, 0.29) is 10.8 Å². The van der Waals surface area contributed by atoms with E-state index in [0.717, 1.165) is 6.07 Å². The van der Waals surface area contributed by atoms with Crippen LogP contribution in [-0.4, -0.2) is 16.3 Å². The minimum absolute atomic E-state index is 0.294. The third-order valence-corrected chi connectivity index (χ3v) is 2.65. The van der Waals surface area contributed by atoms with Crippen LogP contribution in [0.3, 0.4) is 0 Å². The number of aromatic carboxylic acids is 1. The Morgan fingerprint density at radius 3 is 2.87 bits per heavy atom. The molecule has 5 heteroatoms. The summed E-state index contributed by atoms with van der Waals surface area (Å²) >= 11 is 1.19. The monoisotopic (exact) mass is 225 g/mol. The van der Waals surface area contributed by atoms with Crippen molar-refractivity contribution in [2.24, 2.45) is 0 Å².